The van der Waals surface area contributed by atoms with Crippen molar-refractivity contribution in [1.82, 2.24) is 5.32 Å². The Morgan fingerprint density at radius 2 is 1.76 bits per heavy atom. The molecule has 3 rings (SSSR count). The SMILES string of the molecule is CNCc1c(F)cccc1Oc1ccc2ccccc2c1. The molecule has 21 heavy (non-hydrogen) atoms. The molecule has 0 bridgehead atoms. The normalized spacial score (nSPS) is 10.8. The molecule has 0 saturated carbocycles. The van der Waals surface area contributed by atoms with Gasteiger partial charge in [0.1, 0.15) is 17.3 Å². The van der Waals surface area contributed by atoms with Crippen molar-refractivity contribution in [2.24, 2.45) is 0 Å². The van der Waals surface area contributed by atoms with Crippen LogP contribution in [0, 0.1) is 5.82 Å². The molecule has 2 nitrogen and oxygen atoms in total. The summed E-state index contributed by atoms with van der Waals surface area (Å²) < 4.78 is 19.7. The molecule has 0 aliphatic rings. The maximum atomic E-state index is 13.9. The number of hydrogen-bond acceptors (Lipinski definition) is 2. The van der Waals surface area contributed by atoms with Crippen LogP contribution in [0.4, 0.5) is 4.39 Å². The third-order valence-electron chi connectivity index (χ3n) is 3.38. The third-order valence-corrected chi connectivity index (χ3v) is 3.38. The molecule has 0 saturated heterocycles. The first-order chi connectivity index (χ1) is 10.3. The predicted octanol–water partition coefficient (Wildman–Crippen LogP) is 4.49. The monoisotopic (exact) mass is 281 g/mol. The van der Waals surface area contributed by atoms with Gasteiger partial charge in [-0.25, -0.2) is 4.39 Å². The van der Waals surface area contributed by atoms with Gasteiger partial charge in [0.25, 0.3) is 0 Å². The first-order valence-electron chi connectivity index (χ1n) is 6.86. The molecule has 0 atom stereocenters. The van der Waals surface area contributed by atoms with E-state index in [4.69, 9.17) is 4.74 Å². The zero-order chi connectivity index (χ0) is 14.7. The number of rotatable bonds is 4. The second-order valence-electron chi connectivity index (χ2n) is 4.86. The first kappa shape index (κ1) is 13.6. The van der Waals surface area contributed by atoms with Crippen LogP contribution in [0.3, 0.4) is 0 Å². The molecule has 0 spiro atoms. The topological polar surface area (TPSA) is 21.3 Å². The molecule has 0 radical (unpaired) electrons. The van der Waals surface area contributed by atoms with Crippen LogP contribution in [0.25, 0.3) is 10.8 Å². The summed E-state index contributed by atoms with van der Waals surface area (Å²) in [5, 5.41) is 5.21. The lowest BCUT2D eigenvalue weighted by Crippen LogP contribution is -2.08. The van der Waals surface area contributed by atoms with Crippen LogP contribution in [0.15, 0.2) is 60.7 Å². The van der Waals surface area contributed by atoms with Crippen molar-refractivity contribution in [3.05, 3.63) is 72.0 Å². The highest BCUT2D eigenvalue weighted by atomic mass is 19.1. The molecule has 3 aromatic rings. The van der Waals surface area contributed by atoms with Crippen molar-refractivity contribution >= 4 is 10.8 Å². The zero-order valence-corrected chi connectivity index (χ0v) is 11.8. The standard InChI is InChI=1S/C18H16FNO/c1-20-12-16-17(19)7-4-8-18(16)21-15-10-9-13-5-2-3-6-14(13)11-15/h2-11,20H,12H2,1H3. The summed E-state index contributed by atoms with van der Waals surface area (Å²) in [6.45, 7) is 0.426. The van der Waals surface area contributed by atoms with Crippen molar-refractivity contribution in [1.29, 1.82) is 0 Å². The van der Waals surface area contributed by atoms with Crippen molar-refractivity contribution in [2.45, 2.75) is 6.54 Å². The average Bonchev–Trinajstić information content (AvgIpc) is 2.51. The largest absolute Gasteiger partial charge is 0.457 e. The number of hydrogen-bond donors (Lipinski definition) is 1. The van der Waals surface area contributed by atoms with E-state index >= 15 is 0 Å². The van der Waals surface area contributed by atoms with E-state index in [1.807, 2.05) is 42.5 Å². The van der Waals surface area contributed by atoms with Crippen molar-refractivity contribution < 1.29 is 9.13 Å². The fraction of sp³-hybridized carbons (Fsp3) is 0.111. The van der Waals surface area contributed by atoms with Crippen LogP contribution in [-0.4, -0.2) is 7.05 Å². The highest BCUT2D eigenvalue weighted by Crippen LogP contribution is 2.29. The quantitative estimate of drug-likeness (QED) is 0.760. The van der Waals surface area contributed by atoms with E-state index in [0.717, 1.165) is 10.8 Å². The van der Waals surface area contributed by atoms with E-state index in [9.17, 15) is 4.39 Å². The van der Waals surface area contributed by atoms with Gasteiger partial charge in [-0.15, -0.1) is 0 Å². The fourth-order valence-corrected chi connectivity index (χ4v) is 2.34. The van der Waals surface area contributed by atoms with Crippen LogP contribution < -0.4 is 10.1 Å². The Balaban J connectivity index is 1.96. The summed E-state index contributed by atoms with van der Waals surface area (Å²) in [5.41, 5.74) is 0.535. The molecule has 1 N–H and O–H groups in total. The number of benzene rings is 3. The summed E-state index contributed by atoms with van der Waals surface area (Å²) >= 11 is 0. The second kappa shape index (κ2) is 5.94. The number of ether oxygens (including phenoxy) is 1. The van der Waals surface area contributed by atoms with Gasteiger partial charge >= 0.3 is 0 Å². The van der Waals surface area contributed by atoms with Crippen LogP contribution in [0.2, 0.25) is 0 Å². The molecular formula is C18H16FNO. The Morgan fingerprint density at radius 3 is 2.57 bits per heavy atom. The van der Waals surface area contributed by atoms with Crippen molar-refractivity contribution in [3.8, 4) is 11.5 Å². The summed E-state index contributed by atoms with van der Waals surface area (Å²) in [6, 6.07) is 18.8. The molecular weight excluding hydrogens is 265 g/mol. The van der Waals surface area contributed by atoms with Gasteiger partial charge in [-0.2, -0.15) is 0 Å². The van der Waals surface area contributed by atoms with Crippen molar-refractivity contribution in [3.63, 3.8) is 0 Å². The maximum absolute atomic E-state index is 13.9. The molecule has 3 aromatic carbocycles. The fourth-order valence-electron chi connectivity index (χ4n) is 2.34. The minimum Gasteiger partial charge on any atom is -0.457 e. The summed E-state index contributed by atoms with van der Waals surface area (Å²) in [6.07, 6.45) is 0. The van der Waals surface area contributed by atoms with E-state index in [2.05, 4.69) is 5.32 Å². The van der Waals surface area contributed by atoms with E-state index in [1.165, 1.54) is 6.07 Å². The lowest BCUT2D eigenvalue weighted by atomic mass is 10.1. The smallest absolute Gasteiger partial charge is 0.134 e. The zero-order valence-electron chi connectivity index (χ0n) is 11.8. The van der Waals surface area contributed by atoms with Gasteiger partial charge in [0.2, 0.25) is 0 Å². The molecule has 106 valence electrons. The predicted molar refractivity (Wildman–Crippen MR) is 83.2 cm³/mol. The molecule has 3 heteroatoms. The Hall–Kier alpha value is -2.39. The Labute approximate surface area is 123 Å². The van der Waals surface area contributed by atoms with E-state index in [-0.39, 0.29) is 5.82 Å². The molecule has 0 amide bonds. The summed E-state index contributed by atoms with van der Waals surface area (Å²) in [4.78, 5) is 0. The second-order valence-corrected chi connectivity index (χ2v) is 4.86. The van der Waals surface area contributed by atoms with Gasteiger partial charge in [-0.3, -0.25) is 0 Å². The first-order valence-corrected chi connectivity index (χ1v) is 6.86. The maximum Gasteiger partial charge on any atom is 0.134 e. The van der Waals surface area contributed by atoms with E-state index < -0.39 is 0 Å². The van der Waals surface area contributed by atoms with Crippen molar-refractivity contribution in [2.75, 3.05) is 7.05 Å². The van der Waals surface area contributed by atoms with Gasteiger partial charge in [-0.1, -0.05) is 36.4 Å². The summed E-state index contributed by atoms with van der Waals surface area (Å²) in [5.74, 6) is 0.985. The molecule has 0 aromatic heterocycles. The van der Waals surface area contributed by atoms with Crippen LogP contribution >= 0.6 is 0 Å². The number of nitrogens with one attached hydrogen (secondary N) is 1. The van der Waals surface area contributed by atoms with Gasteiger partial charge in [0.05, 0.1) is 0 Å². The van der Waals surface area contributed by atoms with Crippen LogP contribution in [0.1, 0.15) is 5.56 Å². The van der Waals surface area contributed by atoms with Gasteiger partial charge in [0, 0.05) is 12.1 Å². The van der Waals surface area contributed by atoms with Crippen LogP contribution in [0.5, 0.6) is 11.5 Å². The lowest BCUT2D eigenvalue weighted by molar-refractivity contribution is 0.465. The van der Waals surface area contributed by atoms with Crippen LogP contribution in [-0.2, 0) is 6.54 Å². The Morgan fingerprint density at radius 1 is 0.952 bits per heavy atom. The minimum atomic E-state index is -0.261. The average molecular weight is 281 g/mol. The molecule has 0 aliphatic carbocycles. The molecule has 0 fully saturated rings. The van der Waals surface area contributed by atoms with Gasteiger partial charge < -0.3 is 10.1 Å². The highest BCUT2D eigenvalue weighted by Gasteiger charge is 2.09. The molecule has 0 aliphatic heterocycles. The van der Waals surface area contributed by atoms with Gasteiger partial charge in [0.15, 0.2) is 0 Å². The summed E-state index contributed by atoms with van der Waals surface area (Å²) in [7, 11) is 1.78. The number of halogens is 1. The highest BCUT2D eigenvalue weighted by molar-refractivity contribution is 5.83. The minimum absolute atomic E-state index is 0.261. The number of fused-ring (bicyclic) bond motifs is 1. The Kier molecular flexibility index (Phi) is 3.84. The lowest BCUT2D eigenvalue weighted by Gasteiger charge is -2.12. The van der Waals surface area contributed by atoms with E-state index in [1.54, 1.807) is 19.2 Å². The van der Waals surface area contributed by atoms with Gasteiger partial charge in [-0.05, 0) is 42.1 Å². The van der Waals surface area contributed by atoms with E-state index in [0.29, 0.717) is 23.6 Å². The third kappa shape index (κ3) is 2.88. The Bertz CT molecular complexity index is 770. The molecule has 0 heterocycles. The molecule has 0 unspecified atom stereocenters.